The molecule has 2 atom stereocenters. The van der Waals surface area contributed by atoms with E-state index in [0.29, 0.717) is 10.3 Å². The van der Waals surface area contributed by atoms with Gasteiger partial charge in [0.15, 0.2) is 0 Å². The summed E-state index contributed by atoms with van der Waals surface area (Å²) in [6, 6.07) is 11.4. The molecular formula is C30H38BrF2N5O2S. The van der Waals surface area contributed by atoms with Gasteiger partial charge in [0.25, 0.3) is 0 Å². The summed E-state index contributed by atoms with van der Waals surface area (Å²) in [6.07, 6.45) is 2.46. The zero-order valence-electron chi connectivity index (χ0n) is 23.8. The van der Waals surface area contributed by atoms with Gasteiger partial charge in [-0.1, -0.05) is 45.0 Å². The number of rotatable bonds is 10. The Morgan fingerprint density at radius 2 is 1.85 bits per heavy atom. The lowest BCUT2D eigenvalue weighted by Gasteiger charge is -2.43. The van der Waals surface area contributed by atoms with Gasteiger partial charge in [0.2, 0.25) is 15.8 Å². The topological polar surface area (TPSA) is 99.2 Å². The standard InChI is InChI=1S/C30H38BrF2N5O2S/c1-18(39)35-25(14-19-12-22(32)16-23(33)13-19)26(40)17-34-30(21-7-5-6-20(15-21)29(2,3)4)10-8-24(9-11-30)36-28-37-27(31)38-41-28/h5-7,12-13,15-16,24-26,34,40H,8-11,14,17H2,1-4H3,(H,35,39)(H,36,37,38). The van der Waals surface area contributed by atoms with E-state index < -0.39 is 29.3 Å². The maximum Gasteiger partial charge on any atom is 0.217 e. The fraction of sp³-hybridized carbons (Fsp3) is 0.500. The number of hydrogen-bond acceptors (Lipinski definition) is 7. The molecule has 1 aliphatic rings. The van der Waals surface area contributed by atoms with E-state index >= 15 is 0 Å². The monoisotopic (exact) mass is 649 g/mol. The number of aromatic nitrogens is 2. The fourth-order valence-corrected chi connectivity index (χ4v) is 6.58. The molecule has 4 rings (SSSR count). The number of carbonyl (C=O) groups is 1. The zero-order chi connectivity index (χ0) is 29.8. The third kappa shape index (κ3) is 8.53. The molecule has 222 valence electrons. The Bertz CT molecular complexity index is 1320. The highest BCUT2D eigenvalue weighted by atomic mass is 79.9. The van der Waals surface area contributed by atoms with Crippen LogP contribution in [-0.4, -0.2) is 45.1 Å². The van der Waals surface area contributed by atoms with Crippen LogP contribution < -0.4 is 16.0 Å². The lowest BCUT2D eigenvalue weighted by atomic mass is 9.73. The van der Waals surface area contributed by atoms with E-state index in [-0.39, 0.29) is 30.3 Å². The molecular weight excluding hydrogens is 612 g/mol. The van der Waals surface area contributed by atoms with Crippen molar-refractivity contribution in [2.24, 2.45) is 0 Å². The molecule has 0 saturated heterocycles. The van der Waals surface area contributed by atoms with Crippen molar-refractivity contribution in [3.63, 3.8) is 0 Å². The van der Waals surface area contributed by atoms with Crippen LogP contribution in [0.1, 0.15) is 70.1 Å². The largest absolute Gasteiger partial charge is 0.390 e. The smallest absolute Gasteiger partial charge is 0.217 e. The number of carbonyl (C=O) groups excluding carboxylic acids is 1. The summed E-state index contributed by atoms with van der Waals surface area (Å²) in [5, 5.41) is 22.0. The number of halogens is 3. The van der Waals surface area contributed by atoms with Crippen molar-refractivity contribution in [1.29, 1.82) is 0 Å². The van der Waals surface area contributed by atoms with Crippen LogP contribution in [0.2, 0.25) is 0 Å². The lowest BCUT2D eigenvalue weighted by Crippen LogP contribution is -2.54. The van der Waals surface area contributed by atoms with Crippen LogP contribution in [-0.2, 0) is 22.2 Å². The summed E-state index contributed by atoms with van der Waals surface area (Å²) >= 11 is 4.63. The van der Waals surface area contributed by atoms with E-state index in [2.05, 4.69) is 86.3 Å². The predicted molar refractivity (Wildman–Crippen MR) is 162 cm³/mol. The summed E-state index contributed by atoms with van der Waals surface area (Å²) in [4.78, 5) is 16.4. The highest BCUT2D eigenvalue weighted by molar-refractivity contribution is 9.10. The van der Waals surface area contributed by atoms with Crippen LogP contribution in [0.3, 0.4) is 0 Å². The van der Waals surface area contributed by atoms with E-state index in [1.165, 1.54) is 36.2 Å². The molecule has 1 amide bonds. The van der Waals surface area contributed by atoms with Gasteiger partial charge in [0.05, 0.1) is 12.1 Å². The minimum absolute atomic E-state index is 0.0303. The molecule has 11 heteroatoms. The Kier molecular flexibility index (Phi) is 10.2. The van der Waals surface area contributed by atoms with Crippen LogP contribution >= 0.6 is 27.5 Å². The molecule has 4 N–H and O–H groups in total. The Balaban J connectivity index is 1.54. The van der Waals surface area contributed by atoms with Crippen LogP contribution in [0.15, 0.2) is 47.2 Å². The van der Waals surface area contributed by atoms with Gasteiger partial charge in [-0.15, -0.1) is 0 Å². The van der Waals surface area contributed by atoms with Crippen LogP contribution in [0.25, 0.3) is 0 Å². The first-order valence-corrected chi connectivity index (χ1v) is 15.4. The van der Waals surface area contributed by atoms with Crippen molar-refractivity contribution in [2.45, 2.75) is 88.9 Å². The number of amides is 1. The summed E-state index contributed by atoms with van der Waals surface area (Å²) in [7, 11) is 0. The molecule has 0 radical (unpaired) electrons. The average Bonchev–Trinajstić information content (AvgIpc) is 3.31. The maximum atomic E-state index is 13.8. The highest BCUT2D eigenvalue weighted by Gasteiger charge is 2.38. The Hall–Kier alpha value is -2.47. The first-order valence-electron chi connectivity index (χ1n) is 13.8. The number of nitrogens with zero attached hydrogens (tertiary/aromatic N) is 2. The first kappa shape index (κ1) is 31.5. The Morgan fingerprint density at radius 1 is 1.17 bits per heavy atom. The summed E-state index contributed by atoms with van der Waals surface area (Å²) < 4.78 is 32.4. The third-order valence-corrected chi connectivity index (χ3v) is 8.97. The number of aliphatic hydroxyl groups excluding tert-OH is 1. The van der Waals surface area contributed by atoms with Crippen molar-refractivity contribution in [1.82, 2.24) is 20.0 Å². The molecule has 7 nitrogen and oxygen atoms in total. The first-order chi connectivity index (χ1) is 19.3. The Morgan fingerprint density at radius 3 is 2.44 bits per heavy atom. The summed E-state index contributed by atoms with van der Waals surface area (Å²) in [5.41, 5.74) is 2.30. The number of hydrogen-bond donors (Lipinski definition) is 4. The van der Waals surface area contributed by atoms with Gasteiger partial charge >= 0.3 is 0 Å². The molecule has 2 aromatic carbocycles. The molecule has 41 heavy (non-hydrogen) atoms. The molecule has 0 bridgehead atoms. The fourth-order valence-electron chi connectivity index (χ4n) is 5.51. The third-order valence-electron chi connectivity index (χ3n) is 7.73. The van der Waals surface area contributed by atoms with E-state index in [1.807, 2.05) is 0 Å². The molecule has 1 fully saturated rings. The van der Waals surface area contributed by atoms with Gasteiger partial charge in [-0.3, -0.25) is 4.79 Å². The van der Waals surface area contributed by atoms with E-state index in [9.17, 15) is 18.7 Å². The predicted octanol–water partition coefficient (Wildman–Crippen LogP) is 5.82. The van der Waals surface area contributed by atoms with Crippen molar-refractivity contribution in [2.75, 3.05) is 11.9 Å². The van der Waals surface area contributed by atoms with E-state index in [4.69, 9.17) is 0 Å². The second-order valence-corrected chi connectivity index (χ2v) is 13.4. The molecule has 0 aliphatic heterocycles. The Labute approximate surface area is 252 Å². The van der Waals surface area contributed by atoms with Crippen molar-refractivity contribution < 1.29 is 18.7 Å². The molecule has 1 saturated carbocycles. The van der Waals surface area contributed by atoms with Gasteiger partial charge in [0, 0.05) is 42.6 Å². The minimum atomic E-state index is -0.998. The second-order valence-electron chi connectivity index (χ2n) is 11.9. The molecule has 1 aromatic heterocycles. The number of benzene rings is 2. The second kappa shape index (κ2) is 13.2. The number of nitrogens with one attached hydrogen (secondary N) is 3. The molecule has 1 heterocycles. The van der Waals surface area contributed by atoms with Gasteiger partial charge in [-0.2, -0.15) is 9.36 Å². The van der Waals surface area contributed by atoms with Crippen LogP contribution in [0, 0.1) is 11.6 Å². The zero-order valence-corrected chi connectivity index (χ0v) is 26.2. The van der Waals surface area contributed by atoms with Gasteiger partial charge in [-0.25, -0.2) is 8.78 Å². The highest BCUT2D eigenvalue weighted by Crippen LogP contribution is 2.40. The SMILES string of the molecule is CC(=O)NC(Cc1cc(F)cc(F)c1)C(O)CNC1(c2cccc(C(C)(C)C)c2)CCC(Nc2nc(Br)ns2)CC1. The number of anilines is 1. The minimum Gasteiger partial charge on any atom is -0.390 e. The quantitative estimate of drug-likeness (QED) is 0.221. The van der Waals surface area contributed by atoms with Gasteiger partial charge < -0.3 is 21.1 Å². The normalized spacial score (nSPS) is 20.8. The molecule has 2 unspecified atom stereocenters. The maximum absolute atomic E-state index is 13.8. The van der Waals surface area contributed by atoms with E-state index in [1.54, 1.807) is 0 Å². The average molecular weight is 651 g/mol. The van der Waals surface area contributed by atoms with Crippen molar-refractivity contribution in [3.8, 4) is 0 Å². The van der Waals surface area contributed by atoms with Crippen molar-refractivity contribution >= 4 is 38.5 Å². The van der Waals surface area contributed by atoms with Crippen molar-refractivity contribution in [3.05, 3.63) is 75.5 Å². The summed E-state index contributed by atoms with van der Waals surface area (Å²) in [5.74, 6) is -1.72. The number of aliphatic hydroxyl groups is 1. The molecule has 0 spiro atoms. The van der Waals surface area contributed by atoms with Gasteiger partial charge in [0.1, 0.15) is 11.6 Å². The van der Waals surface area contributed by atoms with E-state index in [0.717, 1.165) is 42.4 Å². The molecule has 3 aromatic rings. The van der Waals surface area contributed by atoms with Gasteiger partial charge in [-0.05, 0) is 82.3 Å². The summed E-state index contributed by atoms with van der Waals surface area (Å²) in [6.45, 7) is 8.10. The molecule has 1 aliphatic carbocycles. The lowest BCUT2D eigenvalue weighted by molar-refractivity contribution is -0.120. The van der Waals surface area contributed by atoms with Crippen LogP contribution in [0.5, 0.6) is 0 Å². The van der Waals surface area contributed by atoms with Crippen LogP contribution in [0.4, 0.5) is 13.9 Å².